The number of alkyl halides is 2. The molecule has 0 radical (unpaired) electrons. The molecule has 3 heteroatoms. The summed E-state index contributed by atoms with van der Waals surface area (Å²) in [5.74, 6) is 0. The van der Waals surface area contributed by atoms with Crippen molar-refractivity contribution >= 4 is 40.4 Å². The number of rotatable bonds is 1. The maximum atomic E-state index is 6.16. The van der Waals surface area contributed by atoms with Crippen molar-refractivity contribution in [2.24, 2.45) is 0 Å². The fourth-order valence-corrected chi connectivity index (χ4v) is 2.44. The van der Waals surface area contributed by atoms with Gasteiger partial charge in [0.05, 0.1) is 0 Å². The normalized spacial score (nSPS) is 19.4. The Hall–Kier alpha value is -0.430. The number of benzene rings is 1. The van der Waals surface area contributed by atoms with Crippen LogP contribution in [0.4, 0.5) is 0 Å². The van der Waals surface area contributed by atoms with Crippen LogP contribution in [0, 0.1) is 0 Å². The summed E-state index contributed by atoms with van der Waals surface area (Å²) in [4.78, 5) is 0. The zero-order valence-electron chi connectivity index (χ0n) is 7.88. The van der Waals surface area contributed by atoms with E-state index in [1.54, 1.807) is 6.08 Å². The third-order valence-corrected chi connectivity index (χ3v) is 3.12. The van der Waals surface area contributed by atoms with Gasteiger partial charge in [0.2, 0.25) is 0 Å². The van der Waals surface area contributed by atoms with Gasteiger partial charge in [0.25, 0.3) is 0 Å². The minimum absolute atomic E-state index is 0.457. The minimum Gasteiger partial charge on any atom is -0.0966 e. The first-order chi connectivity index (χ1) is 7.08. The number of halogens is 3. The van der Waals surface area contributed by atoms with E-state index in [9.17, 15) is 0 Å². The highest BCUT2D eigenvalue weighted by atomic mass is 35.5. The monoisotopic (exact) mass is 258 g/mol. The van der Waals surface area contributed by atoms with Gasteiger partial charge >= 0.3 is 0 Å². The van der Waals surface area contributed by atoms with Crippen LogP contribution in [0.15, 0.2) is 47.5 Å². The van der Waals surface area contributed by atoms with E-state index in [2.05, 4.69) is 0 Å². The molecule has 0 spiro atoms. The molecule has 78 valence electrons. The molecular formula is C12H9Cl3. The average molecular weight is 260 g/mol. The van der Waals surface area contributed by atoms with Gasteiger partial charge in [-0.2, -0.15) is 0 Å². The van der Waals surface area contributed by atoms with E-state index in [-0.39, 0.29) is 0 Å². The Balaban J connectivity index is 2.37. The highest BCUT2D eigenvalue weighted by molar-refractivity contribution is 6.51. The van der Waals surface area contributed by atoms with Crippen molar-refractivity contribution < 1.29 is 0 Å². The van der Waals surface area contributed by atoms with Crippen LogP contribution < -0.4 is 0 Å². The zero-order valence-corrected chi connectivity index (χ0v) is 10.2. The summed E-state index contributed by atoms with van der Waals surface area (Å²) in [5, 5.41) is 0.703. The van der Waals surface area contributed by atoms with Crippen LogP contribution in [0.2, 0.25) is 0 Å². The highest BCUT2D eigenvalue weighted by Gasteiger charge is 2.26. The lowest BCUT2D eigenvalue weighted by Gasteiger charge is -2.21. The van der Waals surface area contributed by atoms with Gasteiger partial charge in [0.1, 0.15) is 4.33 Å². The lowest BCUT2D eigenvalue weighted by Crippen LogP contribution is -2.12. The van der Waals surface area contributed by atoms with Gasteiger partial charge < -0.3 is 0 Å². The van der Waals surface area contributed by atoms with Crippen molar-refractivity contribution in [2.75, 3.05) is 0 Å². The Bertz CT molecular complexity index is 416. The first-order valence-corrected chi connectivity index (χ1v) is 5.73. The van der Waals surface area contributed by atoms with Crippen LogP contribution >= 0.6 is 34.8 Å². The van der Waals surface area contributed by atoms with E-state index in [1.807, 2.05) is 36.4 Å². The Morgan fingerprint density at radius 1 is 1.07 bits per heavy atom. The highest BCUT2D eigenvalue weighted by Crippen LogP contribution is 2.40. The van der Waals surface area contributed by atoms with Gasteiger partial charge in [0.15, 0.2) is 0 Å². The fraction of sp³-hybridized carbons (Fsp3) is 0.167. The van der Waals surface area contributed by atoms with Crippen LogP contribution in [0.3, 0.4) is 0 Å². The predicted octanol–water partition coefficient (Wildman–Crippen LogP) is 4.77. The molecule has 0 unspecified atom stereocenters. The molecule has 0 saturated heterocycles. The molecule has 0 aromatic heterocycles. The van der Waals surface area contributed by atoms with Gasteiger partial charge in [-0.05, 0) is 17.2 Å². The van der Waals surface area contributed by atoms with Crippen molar-refractivity contribution in [3.63, 3.8) is 0 Å². The third-order valence-electron chi connectivity index (χ3n) is 2.26. The maximum Gasteiger partial charge on any atom is 0.141 e. The average Bonchev–Trinajstić information content (AvgIpc) is 2.17. The molecule has 1 aliphatic carbocycles. The molecule has 1 aliphatic rings. The molecule has 0 heterocycles. The van der Waals surface area contributed by atoms with Crippen molar-refractivity contribution in [1.82, 2.24) is 0 Å². The second-order valence-electron chi connectivity index (χ2n) is 3.46. The standard InChI is InChI=1S/C12H9Cl3/c13-11-8-12(14,15)7-6-10(11)9-4-2-1-3-5-9/h1-7H,8H2. The lowest BCUT2D eigenvalue weighted by molar-refractivity contribution is 0.950. The van der Waals surface area contributed by atoms with Crippen molar-refractivity contribution in [2.45, 2.75) is 10.8 Å². The second-order valence-corrected chi connectivity index (χ2v) is 5.45. The second kappa shape index (κ2) is 4.21. The Morgan fingerprint density at radius 2 is 1.73 bits per heavy atom. The molecule has 0 bridgehead atoms. The minimum atomic E-state index is -0.866. The molecule has 15 heavy (non-hydrogen) atoms. The molecule has 2 rings (SSSR count). The van der Waals surface area contributed by atoms with Crippen molar-refractivity contribution in [1.29, 1.82) is 0 Å². The molecule has 1 aromatic carbocycles. The molecule has 0 saturated carbocycles. The van der Waals surface area contributed by atoms with E-state index in [0.717, 1.165) is 11.1 Å². The molecule has 1 aromatic rings. The van der Waals surface area contributed by atoms with Crippen LogP contribution in [0.1, 0.15) is 12.0 Å². The molecule has 0 atom stereocenters. The van der Waals surface area contributed by atoms with E-state index < -0.39 is 4.33 Å². The summed E-state index contributed by atoms with van der Waals surface area (Å²) >= 11 is 18.1. The smallest absolute Gasteiger partial charge is 0.0966 e. The Labute approximate surface area is 104 Å². The maximum absolute atomic E-state index is 6.16. The van der Waals surface area contributed by atoms with Crippen LogP contribution in [-0.4, -0.2) is 4.33 Å². The van der Waals surface area contributed by atoms with E-state index in [0.29, 0.717) is 11.5 Å². The number of hydrogen-bond donors (Lipinski definition) is 0. The summed E-state index contributed by atoms with van der Waals surface area (Å²) in [7, 11) is 0. The van der Waals surface area contributed by atoms with Crippen LogP contribution in [0.25, 0.3) is 5.57 Å². The molecular weight excluding hydrogens is 250 g/mol. The lowest BCUT2D eigenvalue weighted by atomic mass is 9.99. The number of allylic oxidation sites excluding steroid dienone is 4. The molecule has 0 fully saturated rings. The number of hydrogen-bond acceptors (Lipinski definition) is 0. The molecule has 0 nitrogen and oxygen atoms in total. The first kappa shape index (κ1) is 11.1. The predicted molar refractivity (Wildman–Crippen MR) is 67.4 cm³/mol. The zero-order chi connectivity index (χ0) is 10.9. The molecule has 0 aliphatic heterocycles. The summed E-state index contributed by atoms with van der Waals surface area (Å²) < 4.78 is -0.866. The summed E-state index contributed by atoms with van der Waals surface area (Å²) in [6.45, 7) is 0. The van der Waals surface area contributed by atoms with E-state index >= 15 is 0 Å². The van der Waals surface area contributed by atoms with Gasteiger partial charge in [-0.3, -0.25) is 0 Å². The van der Waals surface area contributed by atoms with Gasteiger partial charge in [0, 0.05) is 11.5 Å². The Kier molecular flexibility index (Phi) is 3.11. The van der Waals surface area contributed by atoms with Crippen LogP contribution in [0.5, 0.6) is 0 Å². The first-order valence-electron chi connectivity index (χ1n) is 4.60. The quantitative estimate of drug-likeness (QED) is 0.637. The topological polar surface area (TPSA) is 0 Å². The van der Waals surface area contributed by atoms with Gasteiger partial charge in [-0.25, -0.2) is 0 Å². The SMILES string of the molecule is ClC1=C(c2ccccc2)C=CC(Cl)(Cl)C1. The largest absolute Gasteiger partial charge is 0.141 e. The van der Waals surface area contributed by atoms with Gasteiger partial charge in [-0.15, -0.1) is 0 Å². The summed E-state index contributed by atoms with van der Waals surface area (Å²) in [5.41, 5.74) is 2.08. The summed E-state index contributed by atoms with van der Waals surface area (Å²) in [6.07, 6.45) is 4.10. The van der Waals surface area contributed by atoms with E-state index in [1.165, 1.54) is 0 Å². The van der Waals surface area contributed by atoms with Gasteiger partial charge in [-0.1, -0.05) is 71.2 Å². The van der Waals surface area contributed by atoms with E-state index in [4.69, 9.17) is 34.8 Å². The Morgan fingerprint density at radius 3 is 2.33 bits per heavy atom. The molecule has 0 N–H and O–H groups in total. The summed E-state index contributed by atoms with van der Waals surface area (Å²) in [6, 6.07) is 9.94. The third kappa shape index (κ3) is 2.57. The van der Waals surface area contributed by atoms with Crippen molar-refractivity contribution in [3.05, 3.63) is 53.1 Å². The molecule has 0 amide bonds. The van der Waals surface area contributed by atoms with Crippen molar-refractivity contribution in [3.8, 4) is 0 Å². The van der Waals surface area contributed by atoms with Crippen LogP contribution in [-0.2, 0) is 0 Å². The fourth-order valence-electron chi connectivity index (χ4n) is 1.53.